The first-order chi connectivity index (χ1) is 8.02. The van der Waals surface area contributed by atoms with E-state index in [1.165, 1.54) is 4.90 Å². The van der Waals surface area contributed by atoms with Crippen molar-refractivity contribution < 1.29 is 14.7 Å². The van der Waals surface area contributed by atoms with Crippen LogP contribution in [-0.2, 0) is 4.79 Å². The highest BCUT2D eigenvalue weighted by atomic mass is 79.9. The van der Waals surface area contributed by atoms with Crippen LogP contribution in [0.1, 0.15) is 23.3 Å². The normalized spacial score (nSPS) is 10.0. The van der Waals surface area contributed by atoms with E-state index < -0.39 is 5.97 Å². The number of pyridine rings is 1. The van der Waals surface area contributed by atoms with Gasteiger partial charge in [0.25, 0.3) is 5.91 Å². The number of rotatable bonds is 5. The lowest BCUT2D eigenvalue weighted by Crippen LogP contribution is -2.29. The number of carbonyl (C=O) groups is 2. The quantitative estimate of drug-likeness (QED) is 0.900. The predicted molar refractivity (Wildman–Crippen MR) is 65.8 cm³/mol. The van der Waals surface area contributed by atoms with Gasteiger partial charge in [-0.3, -0.25) is 9.59 Å². The van der Waals surface area contributed by atoms with E-state index in [0.717, 1.165) is 0 Å². The molecule has 92 valence electrons. The lowest BCUT2D eigenvalue weighted by molar-refractivity contribution is -0.137. The zero-order valence-corrected chi connectivity index (χ0v) is 11.0. The van der Waals surface area contributed by atoms with E-state index >= 15 is 0 Å². The van der Waals surface area contributed by atoms with Gasteiger partial charge in [0, 0.05) is 30.7 Å². The number of aliphatic carboxylic acids is 1. The summed E-state index contributed by atoms with van der Waals surface area (Å²) in [5.74, 6) is -1.08. The molecule has 6 heteroatoms. The summed E-state index contributed by atoms with van der Waals surface area (Å²) in [6.45, 7) is 0.397. The van der Waals surface area contributed by atoms with Crippen LogP contribution >= 0.6 is 15.9 Å². The number of halogens is 1. The van der Waals surface area contributed by atoms with Crippen molar-refractivity contribution in [2.24, 2.45) is 0 Å². The second kappa shape index (κ2) is 6.34. The van der Waals surface area contributed by atoms with Gasteiger partial charge in [0.2, 0.25) is 0 Å². The molecule has 0 aliphatic rings. The third-order valence-electron chi connectivity index (χ3n) is 2.19. The summed E-state index contributed by atoms with van der Waals surface area (Å²) in [7, 11) is 1.63. The fourth-order valence-corrected chi connectivity index (χ4v) is 1.72. The Morgan fingerprint density at radius 2 is 2.24 bits per heavy atom. The average Bonchev–Trinajstić information content (AvgIpc) is 2.28. The molecular formula is C11H13BrN2O3. The van der Waals surface area contributed by atoms with Gasteiger partial charge < -0.3 is 10.0 Å². The van der Waals surface area contributed by atoms with E-state index in [1.807, 2.05) is 0 Å². The maximum atomic E-state index is 11.9. The van der Waals surface area contributed by atoms with Crippen molar-refractivity contribution in [3.8, 4) is 0 Å². The molecule has 1 rings (SSSR count). The van der Waals surface area contributed by atoms with Gasteiger partial charge in [-0.15, -0.1) is 0 Å². The van der Waals surface area contributed by atoms with Gasteiger partial charge in [-0.05, 0) is 34.5 Å². The lowest BCUT2D eigenvalue weighted by atomic mass is 10.2. The Balaban J connectivity index is 2.58. The summed E-state index contributed by atoms with van der Waals surface area (Å²) < 4.78 is 0.634. The molecule has 1 heterocycles. The minimum Gasteiger partial charge on any atom is -0.481 e. The first-order valence-corrected chi connectivity index (χ1v) is 5.89. The third kappa shape index (κ3) is 4.14. The Morgan fingerprint density at radius 3 is 2.82 bits per heavy atom. The van der Waals surface area contributed by atoms with Crippen LogP contribution in [0.25, 0.3) is 0 Å². The first kappa shape index (κ1) is 13.6. The standard InChI is InChI=1S/C11H13BrN2O3/c1-14(7-3-5-9(15)16)11(17)10-8(12)4-2-6-13-10/h2,4,6H,3,5,7H2,1H3,(H,15,16). The first-order valence-electron chi connectivity index (χ1n) is 5.10. The van der Waals surface area contributed by atoms with Gasteiger partial charge in [-0.2, -0.15) is 0 Å². The van der Waals surface area contributed by atoms with Crippen molar-refractivity contribution >= 4 is 27.8 Å². The highest BCUT2D eigenvalue weighted by Gasteiger charge is 2.15. The molecule has 0 saturated heterocycles. The summed E-state index contributed by atoms with van der Waals surface area (Å²) in [6.07, 6.45) is 2.03. The van der Waals surface area contributed by atoms with Crippen molar-refractivity contribution in [2.75, 3.05) is 13.6 Å². The molecule has 0 aromatic carbocycles. The minimum absolute atomic E-state index is 0.0566. The molecule has 0 radical (unpaired) electrons. The van der Waals surface area contributed by atoms with Crippen LogP contribution in [0.5, 0.6) is 0 Å². The minimum atomic E-state index is -0.857. The topological polar surface area (TPSA) is 70.5 Å². The number of aromatic nitrogens is 1. The molecule has 0 saturated carbocycles. The Morgan fingerprint density at radius 1 is 1.53 bits per heavy atom. The number of amides is 1. The van der Waals surface area contributed by atoms with Crippen LogP contribution in [0.4, 0.5) is 0 Å². The zero-order chi connectivity index (χ0) is 12.8. The SMILES string of the molecule is CN(CCCC(=O)O)C(=O)c1ncccc1Br. The van der Waals surface area contributed by atoms with Gasteiger partial charge in [-0.25, -0.2) is 4.98 Å². The summed E-state index contributed by atoms with van der Waals surface area (Å²) >= 11 is 3.25. The maximum Gasteiger partial charge on any atom is 0.303 e. The summed E-state index contributed by atoms with van der Waals surface area (Å²) in [5, 5.41) is 8.50. The van der Waals surface area contributed by atoms with Crippen molar-refractivity contribution in [2.45, 2.75) is 12.8 Å². The van der Waals surface area contributed by atoms with Crippen molar-refractivity contribution in [1.82, 2.24) is 9.88 Å². The second-order valence-corrected chi connectivity index (χ2v) is 4.41. The molecule has 1 aromatic heterocycles. The van der Waals surface area contributed by atoms with E-state index in [0.29, 0.717) is 23.1 Å². The van der Waals surface area contributed by atoms with Gasteiger partial charge >= 0.3 is 5.97 Å². The van der Waals surface area contributed by atoms with E-state index in [2.05, 4.69) is 20.9 Å². The van der Waals surface area contributed by atoms with E-state index in [4.69, 9.17) is 5.11 Å². The van der Waals surface area contributed by atoms with Crippen LogP contribution in [0.2, 0.25) is 0 Å². The Hall–Kier alpha value is -1.43. The maximum absolute atomic E-state index is 11.9. The summed E-state index contributed by atoms with van der Waals surface area (Å²) in [6, 6.07) is 3.47. The molecule has 0 aliphatic carbocycles. The van der Waals surface area contributed by atoms with Gasteiger partial charge in [0.1, 0.15) is 5.69 Å². The molecule has 0 bridgehead atoms. The number of hydrogen-bond acceptors (Lipinski definition) is 3. The molecule has 1 amide bonds. The number of nitrogens with zero attached hydrogens (tertiary/aromatic N) is 2. The molecule has 1 aromatic rings. The number of hydrogen-bond donors (Lipinski definition) is 1. The fraction of sp³-hybridized carbons (Fsp3) is 0.364. The zero-order valence-electron chi connectivity index (χ0n) is 9.39. The van der Waals surface area contributed by atoms with Crippen LogP contribution < -0.4 is 0 Å². The molecule has 1 N–H and O–H groups in total. The molecule has 0 aliphatic heterocycles. The number of carbonyl (C=O) groups excluding carboxylic acids is 1. The molecule has 5 nitrogen and oxygen atoms in total. The average molecular weight is 301 g/mol. The van der Waals surface area contributed by atoms with Crippen LogP contribution in [0.3, 0.4) is 0 Å². The number of carboxylic acid groups (broad SMARTS) is 1. The Kier molecular flexibility index (Phi) is 5.09. The largest absolute Gasteiger partial charge is 0.481 e. The second-order valence-electron chi connectivity index (χ2n) is 3.56. The highest BCUT2D eigenvalue weighted by Crippen LogP contribution is 2.14. The van der Waals surface area contributed by atoms with Gasteiger partial charge in [0.05, 0.1) is 0 Å². The molecular weight excluding hydrogens is 288 g/mol. The van der Waals surface area contributed by atoms with Crippen molar-refractivity contribution in [1.29, 1.82) is 0 Å². The Labute approximate surface area is 108 Å². The molecule has 0 unspecified atom stereocenters. The fourth-order valence-electron chi connectivity index (χ4n) is 1.29. The van der Waals surface area contributed by atoms with E-state index in [9.17, 15) is 9.59 Å². The highest BCUT2D eigenvalue weighted by molar-refractivity contribution is 9.10. The van der Waals surface area contributed by atoms with Crippen LogP contribution in [-0.4, -0.2) is 40.5 Å². The van der Waals surface area contributed by atoms with Crippen molar-refractivity contribution in [3.05, 3.63) is 28.5 Å². The van der Waals surface area contributed by atoms with E-state index in [1.54, 1.807) is 25.4 Å². The number of carboxylic acids is 1. The molecule has 0 fully saturated rings. The summed E-state index contributed by atoms with van der Waals surface area (Å²) in [4.78, 5) is 27.7. The lowest BCUT2D eigenvalue weighted by Gasteiger charge is -2.16. The monoisotopic (exact) mass is 300 g/mol. The predicted octanol–water partition coefficient (Wildman–Crippen LogP) is 1.78. The summed E-state index contributed by atoms with van der Waals surface area (Å²) in [5.41, 5.74) is 0.338. The molecule has 0 spiro atoms. The third-order valence-corrected chi connectivity index (χ3v) is 2.83. The smallest absolute Gasteiger partial charge is 0.303 e. The van der Waals surface area contributed by atoms with Crippen molar-refractivity contribution in [3.63, 3.8) is 0 Å². The van der Waals surface area contributed by atoms with Crippen LogP contribution in [0.15, 0.2) is 22.8 Å². The van der Waals surface area contributed by atoms with Gasteiger partial charge in [0.15, 0.2) is 0 Å². The van der Waals surface area contributed by atoms with Crippen LogP contribution in [0, 0.1) is 0 Å². The van der Waals surface area contributed by atoms with Gasteiger partial charge in [-0.1, -0.05) is 0 Å². The molecule has 17 heavy (non-hydrogen) atoms. The van der Waals surface area contributed by atoms with E-state index in [-0.39, 0.29) is 12.3 Å². The molecule has 0 atom stereocenters. The Bertz CT molecular complexity index is 423.